The van der Waals surface area contributed by atoms with Gasteiger partial charge in [0.05, 0.1) is 24.5 Å². The minimum Gasteiger partial charge on any atom is -0.490 e. The lowest BCUT2D eigenvalue weighted by Crippen LogP contribution is -2.39. The predicted molar refractivity (Wildman–Crippen MR) is 106 cm³/mol. The standard InChI is InChI=1S/C22H22N4O2/c23-13-15-12-16-14-27-11-7-19(16)25-22(15)26-9-5-17(6-10-26)28-21-3-1-2-20-18(21)4-8-24-20/h1-4,8,12,17,24H,5-7,9-11,14H2. The summed E-state index contributed by atoms with van der Waals surface area (Å²) < 4.78 is 11.8. The van der Waals surface area contributed by atoms with Crippen molar-refractivity contribution in [3.63, 3.8) is 0 Å². The van der Waals surface area contributed by atoms with Crippen LogP contribution in [-0.4, -0.2) is 35.8 Å². The molecule has 0 bridgehead atoms. The first-order valence-electron chi connectivity index (χ1n) is 9.80. The number of H-pyrrole nitrogens is 1. The third-order valence-corrected chi connectivity index (χ3v) is 5.62. The number of ether oxygens (including phenoxy) is 2. The van der Waals surface area contributed by atoms with E-state index in [1.165, 1.54) is 0 Å². The molecular weight excluding hydrogens is 352 g/mol. The molecule has 2 aliphatic heterocycles. The van der Waals surface area contributed by atoms with Gasteiger partial charge in [0.1, 0.15) is 23.7 Å². The topological polar surface area (TPSA) is 74.2 Å². The van der Waals surface area contributed by atoms with Gasteiger partial charge in [-0.15, -0.1) is 0 Å². The zero-order valence-corrected chi connectivity index (χ0v) is 15.6. The first kappa shape index (κ1) is 17.1. The van der Waals surface area contributed by atoms with Crippen molar-refractivity contribution in [2.45, 2.75) is 32.0 Å². The maximum absolute atomic E-state index is 9.59. The number of rotatable bonds is 3. The molecule has 1 N–H and O–H groups in total. The van der Waals surface area contributed by atoms with E-state index in [0.717, 1.165) is 66.1 Å². The molecule has 1 saturated heterocycles. The molecule has 6 nitrogen and oxygen atoms in total. The van der Waals surface area contributed by atoms with E-state index >= 15 is 0 Å². The first-order chi connectivity index (χ1) is 13.8. The maximum Gasteiger partial charge on any atom is 0.146 e. The Morgan fingerprint density at radius 3 is 3.00 bits per heavy atom. The summed E-state index contributed by atoms with van der Waals surface area (Å²) >= 11 is 0. The van der Waals surface area contributed by atoms with Crippen LogP contribution in [0.5, 0.6) is 5.75 Å². The number of pyridine rings is 1. The summed E-state index contributed by atoms with van der Waals surface area (Å²) in [6.45, 7) is 2.93. The molecule has 2 aliphatic rings. The Labute approximate surface area is 163 Å². The van der Waals surface area contributed by atoms with E-state index in [1.54, 1.807) is 0 Å². The van der Waals surface area contributed by atoms with Crippen LogP contribution >= 0.6 is 0 Å². The summed E-state index contributed by atoms with van der Waals surface area (Å²) in [6, 6.07) is 12.4. The highest BCUT2D eigenvalue weighted by molar-refractivity contribution is 5.85. The Morgan fingerprint density at radius 1 is 1.25 bits per heavy atom. The summed E-state index contributed by atoms with van der Waals surface area (Å²) in [7, 11) is 0. The highest BCUT2D eigenvalue weighted by Gasteiger charge is 2.25. The van der Waals surface area contributed by atoms with Gasteiger partial charge in [-0.3, -0.25) is 0 Å². The van der Waals surface area contributed by atoms with Crippen molar-refractivity contribution in [3.8, 4) is 11.8 Å². The van der Waals surface area contributed by atoms with Gasteiger partial charge >= 0.3 is 0 Å². The van der Waals surface area contributed by atoms with Crippen LogP contribution in [0.4, 0.5) is 5.82 Å². The molecule has 3 aromatic rings. The lowest BCUT2D eigenvalue weighted by atomic mass is 10.0. The number of nitrogens with one attached hydrogen (secondary N) is 1. The molecule has 1 fully saturated rings. The van der Waals surface area contributed by atoms with E-state index in [1.807, 2.05) is 24.4 Å². The van der Waals surface area contributed by atoms with Gasteiger partial charge in [0.2, 0.25) is 0 Å². The van der Waals surface area contributed by atoms with Crippen LogP contribution in [-0.2, 0) is 17.8 Å². The Kier molecular flexibility index (Phi) is 4.38. The molecule has 2 aromatic heterocycles. The fraction of sp³-hybridized carbons (Fsp3) is 0.364. The SMILES string of the molecule is N#Cc1cc2c(nc1N1CCC(Oc3cccc4[nH]ccc34)CC1)CCOC2. The second kappa shape index (κ2) is 7.17. The van der Waals surface area contributed by atoms with Crippen molar-refractivity contribution in [2.24, 2.45) is 0 Å². The molecule has 0 unspecified atom stereocenters. The number of aromatic nitrogens is 2. The van der Waals surface area contributed by atoms with E-state index in [2.05, 4.69) is 28.1 Å². The van der Waals surface area contributed by atoms with Crippen LogP contribution in [0.15, 0.2) is 36.5 Å². The number of aromatic amines is 1. The quantitative estimate of drug-likeness (QED) is 0.759. The predicted octanol–water partition coefficient (Wildman–Crippen LogP) is 3.56. The molecule has 0 saturated carbocycles. The van der Waals surface area contributed by atoms with Gasteiger partial charge in [-0.2, -0.15) is 5.26 Å². The number of benzene rings is 1. The lowest BCUT2D eigenvalue weighted by molar-refractivity contribution is 0.109. The van der Waals surface area contributed by atoms with Gasteiger partial charge in [0.25, 0.3) is 0 Å². The maximum atomic E-state index is 9.59. The molecular formula is C22H22N4O2. The number of piperidine rings is 1. The lowest BCUT2D eigenvalue weighted by Gasteiger charge is -2.34. The van der Waals surface area contributed by atoms with Gasteiger partial charge in [0.15, 0.2) is 0 Å². The van der Waals surface area contributed by atoms with E-state index in [9.17, 15) is 5.26 Å². The van der Waals surface area contributed by atoms with Crippen molar-refractivity contribution in [1.29, 1.82) is 5.26 Å². The Balaban J connectivity index is 1.31. The molecule has 0 amide bonds. The molecule has 0 atom stereocenters. The molecule has 142 valence electrons. The first-order valence-corrected chi connectivity index (χ1v) is 9.80. The van der Waals surface area contributed by atoms with Crippen LogP contribution in [0.3, 0.4) is 0 Å². The second-order valence-electron chi connectivity index (χ2n) is 7.38. The summed E-state index contributed by atoms with van der Waals surface area (Å²) in [5.74, 6) is 1.75. The van der Waals surface area contributed by atoms with Gasteiger partial charge in [-0.1, -0.05) is 6.07 Å². The molecule has 0 aliphatic carbocycles. The minimum absolute atomic E-state index is 0.174. The minimum atomic E-state index is 0.174. The zero-order chi connectivity index (χ0) is 18.9. The Morgan fingerprint density at radius 2 is 2.14 bits per heavy atom. The van der Waals surface area contributed by atoms with E-state index in [-0.39, 0.29) is 6.10 Å². The summed E-state index contributed by atoms with van der Waals surface area (Å²) in [4.78, 5) is 10.3. The number of nitriles is 1. The monoisotopic (exact) mass is 374 g/mol. The number of hydrogen-bond acceptors (Lipinski definition) is 5. The highest BCUT2D eigenvalue weighted by atomic mass is 16.5. The fourth-order valence-electron chi connectivity index (χ4n) is 4.12. The average molecular weight is 374 g/mol. The number of anilines is 1. The van der Waals surface area contributed by atoms with Gasteiger partial charge in [-0.05, 0) is 24.3 Å². The van der Waals surface area contributed by atoms with Crippen molar-refractivity contribution in [3.05, 3.63) is 53.3 Å². The Bertz CT molecular complexity index is 1040. The van der Waals surface area contributed by atoms with Crippen molar-refractivity contribution < 1.29 is 9.47 Å². The zero-order valence-electron chi connectivity index (χ0n) is 15.6. The largest absolute Gasteiger partial charge is 0.490 e. The fourth-order valence-corrected chi connectivity index (χ4v) is 4.12. The summed E-state index contributed by atoms with van der Waals surface area (Å²) in [6.07, 6.45) is 4.75. The average Bonchev–Trinajstić information content (AvgIpc) is 3.23. The third kappa shape index (κ3) is 3.08. The molecule has 1 aromatic carbocycles. The van der Waals surface area contributed by atoms with Crippen molar-refractivity contribution >= 4 is 16.7 Å². The second-order valence-corrected chi connectivity index (χ2v) is 7.38. The van der Waals surface area contributed by atoms with E-state index in [0.29, 0.717) is 18.8 Å². The van der Waals surface area contributed by atoms with Crippen LogP contribution in [0.25, 0.3) is 10.9 Å². The molecule has 6 heteroatoms. The summed E-state index contributed by atoms with van der Waals surface area (Å²) in [5.41, 5.74) is 3.85. The van der Waals surface area contributed by atoms with Crippen LogP contribution < -0.4 is 9.64 Å². The van der Waals surface area contributed by atoms with Gasteiger partial charge in [0, 0.05) is 55.0 Å². The molecule has 5 rings (SSSR count). The third-order valence-electron chi connectivity index (χ3n) is 5.62. The van der Waals surface area contributed by atoms with Crippen molar-refractivity contribution in [1.82, 2.24) is 9.97 Å². The number of nitrogens with zero attached hydrogens (tertiary/aromatic N) is 3. The smallest absolute Gasteiger partial charge is 0.146 e. The number of hydrogen-bond donors (Lipinski definition) is 1. The molecule has 4 heterocycles. The van der Waals surface area contributed by atoms with Crippen LogP contribution in [0.2, 0.25) is 0 Å². The van der Waals surface area contributed by atoms with Crippen molar-refractivity contribution in [2.75, 3.05) is 24.6 Å². The van der Waals surface area contributed by atoms with E-state index in [4.69, 9.17) is 14.5 Å². The van der Waals surface area contributed by atoms with Crippen LogP contribution in [0.1, 0.15) is 29.7 Å². The normalized spacial score (nSPS) is 17.3. The molecule has 0 spiro atoms. The summed E-state index contributed by atoms with van der Waals surface area (Å²) in [5, 5.41) is 10.7. The molecule has 28 heavy (non-hydrogen) atoms. The number of fused-ring (bicyclic) bond motifs is 2. The van der Waals surface area contributed by atoms with Crippen LogP contribution in [0, 0.1) is 11.3 Å². The van der Waals surface area contributed by atoms with Gasteiger partial charge in [-0.25, -0.2) is 4.98 Å². The van der Waals surface area contributed by atoms with E-state index < -0.39 is 0 Å². The Hall–Kier alpha value is -3.04. The highest BCUT2D eigenvalue weighted by Crippen LogP contribution is 2.30. The van der Waals surface area contributed by atoms with Gasteiger partial charge < -0.3 is 19.4 Å². The molecule has 0 radical (unpaired) electrons.